The van der Waals surface area contributed by atoms with E-state index in [1.807, 2.05) is 19.1 Å². The fraction of sp³-hybridized carbons (Fsp3) is 0.455. The number of benzene rings is 2. The monoisotopic (exact) mass is 672 g/mol. The molecule has 0 saturated carbocycles. The molecule has 6 nitrogen and oxygen atoms in total. The third-order valence-corrected chi connectivity index (χ3v) is 7.97. The number of terminal acetylenes is 1. The fourth-order valence-corrected chi connectivity index (χ4v) is 5.17. The van der Waals surface area contributed by atoms with Crippen molar-refractivity contribution in [2.24, 2.45) is 0 Å². The van der Waals surface area contributed by atoms with E-state index < -0.39 is 0 Å². The van der Waals surface area contributed by atoms with Gasteiger partial charge in [0.15, 0.2) is 0 Å². The first kappa shape index (κ1) is 41.0. The SMILES string of the molecule is C#CC#CC#COc1cc(/C(C#N)=C/c2cc(OCCCCCC)c(C)cc2OCCCCCC)c(OCCCCCC)cc1/C(C#N)=C/C. The number of unbranched alkanes of at least 4 members (excludes halogenated alkanes) is 9. The summed E-state index contributed by atoms with van der Waals surface area (Å²) in [4.78, 5) is 0. The van der Waals surface area contributed by atoms with Gasteiger partial charge in [0.2, 0.25) is 0 Å². The standard InChI is InChI=1S/C44H52N2O4/c1-7-12-16-20-24-47-41-30-37(42(28-35(41)6)48-25-21-17-13-8-2)29-38(34-46)40-32-43(49-26-22-18-14-9-3)39(36(11-5)33-45)31-44(40)50-27-23-19-15-10-4/h3,11,28-32H,7-8,10,12-13,15-17,19-21,23-25,27H2,1-2,4-6H3/b36-11+,38-29+. The topological polar surface area (TPSA) is 84.5 Å². The number of rotatable bonds is 22. The van der Waals surface area contributed by atoms with E-state index in [1.54, 1.807) is 31.2 Å². The van der Waals surface area contributed by atoms with Crippen molar-refractivity contribution in [2.75, 3.05) is 19.8 Å². The van der Waals surface area contributed by atoms with Gasteiger partial charge >= 0.3 is 0 Å². The summed E-state index contributed by atoms with van der Waals surface area (Å²) in [5, 5.41) is 20.6. The Morgan fingerprint density at radius 2 is 1.18 bits per heavy atom. The third-order valence-electron chi connectivity index (χ3n) is 7.97. The Bertz CT molecular complexity index is 1690. The Hall–Kier alpha value is -5.22. The van der Waals surface area contributed by atoms with Crippen LogP contribution in [-0.4, -0.2) is 19.8 Å². The van der Waals surface area contributed by atoms with Crippen molar-refractivity contribution in [3.05, 3.63) is 52.6 Å². The molecule has 0 N–H and O–H groups in total. The molecule has 0 atom stereocenters. The summed E-state index contributed by atoms with van der Waals surface area (Å²) in [7, 11) is 0. The highest BCUT2D eigenvalue weighted by atomic mass is 16.5. The van der Waals surface area contributed by atoms with E-state index in [-0.39, 0.29) is 5.75 Å². The maximum Gasteiger partial charge on any atom is 0.149 e. The van der Waals surface area contributed by atoms with E-state index in [9.17, 15) is 10.5 Å². The van der Waals surface area contributed by atoms with Gasteiger partial charge in [0.25, 0.3) is 0 Å². The van der Waals surface area contributed by atoms with Crippen molar-refractivity contribution in [1.29, 1.82) is 10.5 Å². The van der Waals surface area contributed by atoms with Crippen molar-refractivity contribution in [2.45, 2.75) is 112 Å². The molecule has 0 bridgehead atoms. The lowest BCUT2D eigenvalue weighted by atomic mass is 9.96. The van der Waals surface area contributed by atoms with Crippen molar-refractivity contribution in [3.8, 4) is 71.3 Å². The molecule has 0 amide bonds. The van der Waals surface area contributed by atoms with Crippen LogP contribution in [0.5, 0.6) is 23.0 Å². The molecule has 0 aliphatic carbocycles. The van der Waals surface area contributed by atoms with Crippen LogP contribution >= 0.6 is 0 Å². The van der Waals surface area contributed by atoms with E-state index >= 15 is 0 Å². The van der Waals surface area contributed by atoms with Crippen LogP contribution in [0.2, 0.25) is 0 Å². The van der Waals surface area contributed by atoms with Crippen LogP contribution in [0, 0.1) is 65.8 Å². The van der Waals surface area contributed by atoms with Crippen molar-refractivity contribution >= 4 is 17.2 Å². The predicted octanol–water partition coefficient (Wildman–Crippen LogP) is 10.8. The second-order valence-corrected chi connectivity index (χ2v) is 11.9. The highest BCUT2D eigenvalue weighted by Crippen LogP contribution is 2.39. The van der Waals surface area contributed by atoms with Gasteiger partial charge in [0.1, 0.15) is 29.1 Å². The molecular formula is C44H52N2O4. The number of ether oxygens (including phenoxy) is 4. The maximum atomic E-state index is 10.6. The third kappa shape index (κ3) is 14.1. The van der Waals surface area contributed by atoms with Crippen LogP contribution < -0.4 is 18.9 Å². The van der Waals surface area contributed by atoms with E-state index in [1.165, 1.54) is 6.42 Å². The normalized spacial score (nSPS) is 10.8. The van der Waals surface area contributed by atoms with Crippen molar-refractivity contribution < 1.29 is 18.9 Å². The first-order valence-corrected chi connectivity index (χ1v) is 18.0. The lowest BCUT2D eigenvalue weighted by Crippen LogP contribution is -2.04. The van der Waals surface area contributed by atoms with Crippen LogP contribution in [0.3, 0.4) is 0 Å². The van der Waals surface area contributed by atoms with E-state index in [2.05, 4.69) is 62.7 Å². The zero-order valence-electron chi connectivity index (χ0n) is 30.7. The number of hydrogen-bond donors (Lipinski definition) is 0. The molecule has 50 heavy (non-hydrogen) atoms. The summed E-state index contributed by atoms with van der Waals surface area (Å²) in [5.41, 5.74) is 3.39. The van der Waals surface area contributed by atoms with Gasteiger partial charge in [0, 0.05) is 28.5 Å². The Balaban J connectivity index is 2.74. The fourth-order valence-electron chi connectivity index (χ4n) is 5.17. The summed E-state index contributed by atoms with van der Waals surface area (Å²) in [6, 6.07) is 12.0. The van der Waals surface area contributed by atoms with Crippen LogP contribution in [0.25, 0.3) is 17.2 Å². The predicted molar refractivity (Wildman–Crippen MR) is 204 cm³/mol. The average Bonchev–Trinajstić information content (AvgIpc) is 3.12. The lowest BCUT2D eigenvalue weighted by Gasteiger charge is -2.17. The minimum atomic E-state index is 0.288. The van der Waals surface area contributed by atoms with E-state index in [0.717, 1.165) is 87.5 Å². The Morgan fingerprint density at radius 1 is 0.640 bits per heavy atom. The number of nitriles is 2. The summed E-state index contributed by atoms with van der Waals surface area (Å²) in [5.74, 6) is 11.9. The lowest BCUT2D eigenvalue weighted by molar-refractivity contribution is 0.295. The molecule has 0 spiro atoms. The number of hydrogen-bond acceptors (Lipinski definition) is 6. The Kier molecular flexibility index (Phi) is 20.4. The molecule has 6 heteroatoms. The molecule has 0 aliphatic heterocycles. The molecule has 0 saturated heterocycles. The quantitative estimate of drug-likeness (QED) is 0.0536. The van der Waals surface area contributed by atoms with Gasteiger partial charge in [-0.2, -0.15) is 10.5 Å². The highest BCUT2D eigenvalue weighted by Gasteiger charge is 2.19. The highest BCUT2D eigenvalue weighted by molar-refractivity contribution is 5.94. The first-order valence-electron chi connectivity index (χ1n) is 18.0. The Morgan fingerprint density at radius 3 is 1.72 bits per heavy atom. The molecule has 0 heterocycles. The number of aryl methyl sites for hydroxylation is 1. The zero-order valence-corrected chi connectivity index (χ0v) is 30.7. The zero-order chi connectivity index (χ0) is 36.4. The molecule has 0 unspecified atom stereocenters. The van der Waals surface area contributed by atoms with Crippen LogP contribution in [0.4, 0.5) is 0 Å². The summed E-state index contributed by atoms with van der Waals surface area (Å²) >= 11 is 0. The van der Waals surface area contributed by atoms with Gasteiger partial charge in [-0.15, -0.1) is 6.42 Å². The minimum Gasteiger partial charge on any atom is -0.493 e. The second-order valence-electron chi connectivity index (χ2n) is 11.9. The first-order chi connectivity index (χ1) is 24.5. The second kappa shape index (κ2) is 24.9. The molecule has 0 aromatic heterocycles. The van der Waals surface area contributed by atoms with Gasteiger partial charge in [-0.25, -0.2) is 0 Å². The van der Waals surface area contributed by atoms with Gasteiger partial charge in [0.05, 0.1) is 43.1 Å². The molecule has 0 aliphatic rings. The van der Waals surface area contributed by atoms with E-state index in [4.69, 9.17) is 25.4 Å². The van der Waals surface area contributed by atoms with Gasteiger partial charge < -0.3 is 18.9 Å². The summed E-state index contributed by atoms with van der Waals surface area (Å²) in [6.07, 6.45) is 24.1. The molecule has 0 radical (unpaired) electrons. The average molecular weight is 673 g/mol. The van der Waals surface area contributed by atoms with E-state index in [0.29, 0.717) is 53.6 Å². The summed E-state index contributed by atoms with van der Waals surface area (Å²) in [6.45, 7) is 12.0. The van der Waals surface area contributed by atoms with Crippen LogP contribution in [0.1, 0.15) is 127 Å². The Labute approximate surface area is 301 Å². The molecule has 2 aromatic carbocycles. The molecule has 2 rings (SSSR count). The summed E-state index contributed by atoms with van der Waals surface area (Å²) < 4.78 is 24.7. The smallest absolute Gasteiger partial charge is 0.149 e. The van der Waals surface area contributed by atoms with Crippen LogP contribution in [-0.2, 0) is 0 Å². The molecular weight excluding hydrogens is 620 g/mol. The van der Waals surface area contributed by atoms with Gasteiger partial charge in [-0.1, -0.05) is 84.6 Å². The molecule has 2 aromatic rings. The molecule has 262 valence electrons. The number of nitrogens with zero attached hydrogens (tertiary/aromatic N) is 2. The van der Waals surface area contributed by atoms with Crippen molar-refractivity contribution in [3.63, 3.8) is 0 Å². The number of allylic oxidation sites excluding steroid dienone is 3. The van der Waals surface area contributed by atoms with Gasteiger partial charge in [-0.05, 0) is 80.9 Å². The van der Waals surface area contributed by atoms with Crippen molar-refractivity contribution in [1.82, 2.24) is 0 Å². The minimum absolute atomic E-state index is 0.288. The maximum absolute atomic E-state index is 10.6. The van der Waals surface area contributed by atoms with Gasteiger partial charge in [-0.3, -0.25) is 0 Å². The largest absolute Gasteiger partial charge is 0.493 e. The van der Waals surface area contributed by atoms with Crippen LogP contribution in [0.15, 0.2) is 30.3 Å². The molecule has 0 fully saturated rings.